The number of primary amides is 1. The molecule has 0 aromatic rings. The molecule has 5 unspecified atom stereocenters. The Morgan fingerprint density at radius 2 is 1.38 bits per heavy atom. The zero-order chi connectivity index (χ0) is 25.2. The van der Waals surface area contributed by atoms with E-state index >= 15 is 0 Å². The van der Waals surface area contributed by atoms with Gasteiger partial charge in [-0.2, -0.15) is 0 Å². The summed E-state index contributed by atoms with van der Waals surface area (Å²) in [5, 5.41) is 17.0. The van der Waals surface area contributed by atoms with Crippen LogP contribution in [0.5, 0.6) is 0 Å². The second-order valence-electron chi connectivity index (χ2n) is 8.91. The van der Waals surface area contributed by atoms with Gasteiger partial charge in [-0.15, -0.1) is 0 Å². The summed E-state index contributed by atoms with van der Waals surface area (Å²) in [5.41, 5.74) is 10.7. The lowest BCUT2D eigenvalue weighted by molar-refractivity contribution is -0.144. The average molecular weight is 458 g/mol. The van der Waals surface area contributed by atoms with Crippen LogP contribution in [-0.4, -0.2) is 58.9 Å². The highest BCUT2D eigenvalue weighted by molar-refractivity contribution is 5.95. The van der Waals surface area contributed by atoms with E-state index in [4.69, 9.17) is 11.5 Å². The molecule has 4 amide bonds. The number of nitrogens with two attached hydrogens (primary N) is 2. The average Bonchev–Trinajstić information content (AvgIpc) is 2.67. The van der Waals surface area contributed by atoms with Crippen molar-refractivity contribution < 1.29 is 29.1 Å². The molecule has 5 atom stereocenters. The van der Waals surface area contributed by atoms with E-state index in [9.17, 15) is 29.1 Å². The van der Waals surface area contributed by atoms with Gasteiger partial charge in [0.1, 0.15) is 18.1 Å². The largest absolute Gasteiger partial charge is 0.480 e. The third kappa shape index (κ3) is 10.1. The van der Waals surface area contributed by atoms with Crippen molar-refractivity contribution in [3.63, 3.8) is 0 Å². The highest BCUT2D eigenvalue weighted by atomic mass is 16.4. The number of hydrogen-bond donors (Lipinski definition) is 6. The normalized spacial score (nSPS) is 15.9. The number of carbonyl (C=O) groups is 5. The molecular formula is C21H39N5O6. The summed E-state index contributed by atoms with van der Waals surface area (Å²) < 4.78 is 0. The van der Waals surface area contributed by atoms with E-state index in [1.807, 2.05) is 20.8 Å². The monoisotopic (exact) mass is 457 g/mol. The van der Waals surface area contributed by atoms with Crippen LogP contribution in [0.4, 0.5) is 0 Å². The van der Waals surface area contributed by atoms with E-state index in [0.717, 1.165) is 0 Å². The molecular weight excluding hydrogens is 418 g/mol. The van der Waals surface area contributed by atoms with Gasteiger partial charge in [-0.3, -0.25) is 19.2 Å². The van der Waals surface area contributed by atoms with Crippen molar-refractivity contribution in [1.29, 1.82) is 0 Å². The first-order chi connectivity index (χ1) is 14.7. The first-order valence-corrected chi connectivity index (χ1v) is 10.9. The molecule has 0 saturated carbocycles. The molecule has 0 fully saturated rings. The number of rotatable bonds is 14. The summed E-state index contributed by atoms with van der Waals surface area (Å²) in [5.74, 6) is -4.48. The zero-order valence-electron chi connectivity index (χ0n) is 19.8. The Morgan fingerprint density at radius 3 is 1.78 bits per heavy atom. The first kappa shape index (κ1) is 29.3. The quantitative estimate of drug-likeness (QED) is 0.202. The molecule has 184 valence electrons. The zero-order valence-corrected chi connectivity index (χ0v) is 19.8. The van der Waals surface area contributed by atoms with Crippen molar-refractivity contribution in [2.24, 2.45) is 29.2 Å². The van der Waals surface area contributed by atoms with Crippen LogP contribution in [-0.2, 0) is 24.0 Å². The fourth-order valence-electron chi connectivity index (χ4n) is 3.00. The van der Waals surface area contributed by atoms with Crippen molar-refractivity contribution in [2.75, 3.05) is 0 Å². The third-order valence-corrected chi connectivity index (χ3v) is 5.12. The first-order valence-electron chi connectivity index (χ1n) is 10.9. The number of aliphatic carboxylic acids is 1. The fourth-order valence-corrected chi connectivity index (χ4v) is 3.00. The minimum absolute atomic E-state index is 0.0200. The van der Waals surface area contributed by atoms with Crippen molar-refractivity contribution in [1.82, 2.24) is 16.0 Å². The fraction of sp³-hybridized carbons (Fsp3) is 0.762. The van der Waals surface area contributed by atoms with Crippen LogP contribution in [0.15, 0.2) is 0 Å². The third-order valence-electron chi connectivity index (χ3n) is 5.12. The summed E-state index contributed by atoms with van der Waals surface area (Å²) >= 11 is 0. The van der Waals surface area contributed by atoms with Gasteiger partial charge in [0.05, 0.1) is 12.5 Å². The molecule has 0 aliphatic rings. The van der Waals surface area contributed by atoms with Gasteiger partial charge in [-0.25, -0.2) is 4.79 Å². The summed E-state index contributed by atoms with van der Waals surface area (Å²) in [7, 11) is 0. The Labute approximate surface area is 189 Å². The van der Waals surface area contributed by atoms with E-state index in [2.05, 4.69) is 16.0 Å². The Kier molecular flexibility index (Phi) is 12.5. The molecule has 0 aromatic heterocycles. The smallest absolute Gasteiger partial charge is 0.326 e. The van der Waals surface area contributed by atoms with Gasteiger partial charge < -0.3 is 32.5 Å². The Morgan fingerprint density at radius 1 is 0.844 bits per heavy atom. The number of nitrogens with one attached hydrogen (secondary N) is 3. The maximum Gasteiger partial charge on any atom is 0.326 e. The molecule has 0 radical (unpaired) electrons. The molecule has 0 bridgehead atoms. The predicted octanol–water partition coefficient (Wildman–Crippen LogP) is -0.524. The van der Waals surface area contributed by atoms with Crippen molar-refractivity contribution in [3.05, 3.63) is 0 Å². The van der Waals surface area contributed by atoms with Gasteiger partial charge in [-0.05, 0) is 24.2 Å². The van der Waals surface area contributed by atoms with Crippen LogP contribution in [0, 0.1) is 17.8 Å². The SMILES string of the molecule is CCC(C)C(NC(=O)C(CC(C)C)NC(=O)C(N)CC(N)=O)C(=O)NC(C(=O)O)C(C)C. The number of carboxylic acid groups (broad SMARTS) is 1. The highest BCUT2D eigenvalue weighted by Gasteiger charge is 2.33. The van der Waals surface area contributed by atoms with Crippen LogP contribution in [0.25, 0.3) is 0 Å². The minimum Gasteiger partial charge on any atom is -0.480 e. The lowest BCUT2D eigenvalue weighted by Gasteiger charge is -2.29. The molecule has 0 saturated heterocycles. The molecule has 0 rings (SSSR count). The van der Waals surface area contributed by atoms with E-state index in [1.54, 1.807) is 20.8 Å². The van der Waals surface area contributed by atoms with Crippen molar-refractivity contribution in [2.45, 2.75) is 85.0 Å². The summed E-state index contributed by atoms with van der Waals surface area (Å²) in [6.45, 7) is 10.6. The number of carbonyl (C=O) groups excluding carboxylic acids is 4. The summed E-state index contributed by atoms with van der Waals surface area (Å²) in [4.78, 5) is 60.6. The number of carboxylic acids is 1. The van der Waals surface area contributed by atoms with Gasteiger partial charge in [0, 0.05) is 0 Å². The van der Waals surface area contributed by atoms with Gasteiger partial charge in [-0.1, -0.05) is 48.0 Å². The lowest BCUT2D eigenvalue weighted by atomic mass is 9.95. The second-order valence-corrected chi connectivity index (χ2v) is 8.91. The molecule has 11 nitrogen and oxygen atoms in total. The number of hydrogen-bond acceptors (Lipinski definition) is 6. The van der Waals surface area contributed by atoms with Crippen LogP contribution in [0.1, 0.15) is 60.8 Å². The van der Waals surface area contributed by atoms with E-state index in [0.29, 0.717) is 6.42 Å². The lowest BCUT2D eigenvalue weighted by Crippen LogP contribution is -2.59. The molecule has 0 spiro atoms. The van der Waals surface area contributed by atoms with Crippen molar-refractivity contribution in [3.8, 4) is 0 Å². The van der Waals surface area contributed by atoms with Gasteiger partial charge in [0.15, 0.2) is 0 Å². The molecule has 0 aromatic carbocycles. The topological polar surface area (TPSA) is 194 Å². The molecule has 0 aliphatic heterocycles. The Hall–Kier alpha value is -2.69. The minimum atomic E-state index is -1.20. The Balaban J connectivity index is 5.57. The summed E-state index contributed by atoms with van der Waals surface area (Å²) in [6, 6.07) is -4.31. The molecule has 0 aliphatic carbocycles. The van der Waals surface area contributed by atoms with Gasteiger partial charge in [0.25, 0.3) is 0 Å². The standard InChI is InChI=1S/C21H39N5O6/c1-7-12(6)17(20(30)25-16(11(4)5)21(31)32)26-19(29)14(8-10(2)3)24-18(28)13(22)9-15(23)27/h10-14,16-17H,7-9,22H2,1-6H3,(H2,23,27)(H,24,28)(H,25,30)(H,26,29)(H,31,32). The maximum absolute atomic E-state index is 13.0. The van der Waals surface area contributed by atoms with Crippen LogP contribution in [0.2, 0.25) is 0 Å². The van der Waals surface area contributed by atoms with Gasteiger partial charge in [0.2, 0.25) is 23.6 Å². The van der Waals surface area contributed by atoms with Crippen LogP contribution in [0.3, 0.4) is 0 Å². The van der Waals surface area contributed by atoms with Crippen LogP contribution >= 0.6 is 0 Å². The maximum atomic E-state index is 13.0. The van der Waals surface area contributed by atoms with Gasteiger partial charge >= 0.3 is 5.97 Å². The molecule has 8 N–H and O–H groups in total. The molecule has 0 heterocycles. The highest BCUT2D eigenvalue weighted by Crippen LogP contribution is 2.12. The van der Waals surface area contributed by atoms with Crippen molar-refractivity contribution >= 4 is 29.6 Å². The van der Waals surface area contributed by atoms with E-state index < -0.39 is 53.8 Å². The molecule has 11 heteroatoms. The summed E-state index contributed by atoms with van der Waals surface area (Å²) in [6.07, 6.45) is 0.438. The van der Waals surface area contributed by atoms with E-state index in [-0.39, 0.29) is 30.6 Å². The van der Waals surface area contributed by atoms with E-state index in [1.165, 1.54) is 0 Å². The Bertz CT molecular complexity index is 682. The number of amides is 4. The predicted molar refractivity (Wildman–Crippen MR) is 119 cm³/mol. The van der Waals surface area contributed by atoms with Crippen LogP contribution < -0.4 is 27.4 Å². The second kappa shape index (κ2) is 13.7. The molecule has 32 heavy (non-hydrogen) atoms.